The van der Waals surface area contributed by atoms with E-state index in [4.69, 9.17) is 11.6 Å². The predicted molar refractivity (Wildman–Crippen MR) is 83.7 cm³/mol. The van der Waals surface area contributed by atoms with Gasteiger partial charge in [-0.25, -0.2) is 4.68 Å². The van der Waals surface area contributed by atoms with Crippen molar-refractivity contribution >= 4 is 22.4 Å². The van der Waals surface area contributed by atoms with Crippen LogP contribution in [0.25, 0.3) is 10.8 Å². The van der Waals surface area contributed by atoms with Crippen molar-refractivity contribution in [3.8, 4) is 0 Å². The lowest BCUT2D eigenvalue weighted by atomic mass is 9.57. The quantitative estimate of drug-likeness (QED) is 0.924. The van der Waals surface area contributed by atoms with E-state index in [2.05, 4.69) is 16.5 Å². The highest BCUT2D eigenvalue weighted by atomic mass is 35.5. The average Bonchev–Trinajstić information content (AvgIpc) is 2.37. The Morgan fingerprint density at radius 1 is 1.43 bits per heavy atom. The van der Waals surface area contributed by atoms with Gasteiger partial charge >= 0.3 is 0 Å². The van der Waals surface area contributed by atoms with Gasteiger partial charge in [-0.3, -0.25) is 4.79 Å². The first kappa shape index (κ1) is 13.3. The van der Waals surface area contributed by atoms with Crippen LogP contribution in [0.4, 0.5) is 0 Å². The standard InChI is InChI=1S/C16H18ClN3O/c1-20-15(21)14-12(7-19-20)11(2-3-13(14)17)4-10-5-16(6-10)8-18-9-16/h2-3,7,10,18H,4-6,8-9H2,1H3. The number of nitrogens with one attached hydrogen (secondary N) is 1. The summed E-state index contributed by atoms with van der Waals surface area (Å²) in [5, 5.41) is 9.56. The van der Waals surface area contributed by atoms with E-state index in [0.29, 0.717) is 15.8 Å². The highest BCUT2D eigenvalue weighted by Crippen LogP contribution is 2.49. The molecule has 0 unspecified atom stereocenters. The van der Waals surface area contributed by atoms with E-state index in [1.807, 2.05) is 6.07 Å². The Labute approximate surface area is 128 Å². The van der Waals surface area contributed by atoms with Crippen LogP contribution >= 0.6 is 11.6 Å². The smallest absolute Gasteiger partial charge is 0.275 e. The largest absolute Gasteiger partial charge is 0.316 e. The second-order valence-electron chi connectivity index (χ2n) is 6.65. The summed E-state index contributed by atoms with van der Waals surface area (Å²) in [5.74, 6) is 0.723. The summed E-state index contributed by atoms with van der Waals surface area (Å²) in [5.41, 5.74) is 1.67. The Balaban J connectivity index is 1.68. The Bertz CT molecular complexity index is 771. The van der Waals surface area contributed by atoms with Crippen molar-refractivity contribution < 1.29 is 0 Å². The van der Waals surface area contributed by atoms with Gasteiger partial charge in [0.2, 0.25) is 0 Å². The highest BCUT2D eigenvalue weighted by molar-refractivity contribution is 6.35. The number of halogens is 1. The molecule has 2 fully saturated rings. The summed E-state index contributed by atoms with van der Waals surface area (Å²) < 4.78 is 1.34. The van der Waals surface area contributed by atoms with Crippen LogP contribution in [0.1, 0.15) is 18.4 Å². The van der Waals surface area contributed by atoms with E-state index >= 15 is 0 Å². The number of aryl methyl sites for hydroxylation is 1. The number of hydrogen-bond acceptors (Lipinski definition) is 3. The van der Waals surface area contributed by atoms with Gasteiger partial charge in [-0.05, 0) is 42.2 Å². The zero-order chi connectivity index (χ0) is 14.6. The molecule has 1 saturated heterocycles. The van der Waals surface area contributed by atoms with Crippen molar-refractivity contribution in [1.82, 2.24) is 15.1 Å². The molecule has 4 rings (SSSR count). The van der Waals surface area contributed by atoms with Crippen molar-refractivity contribution in [1.29, 1.82) is 0 Å². The van der Waals surface area contributed by atoms with E-state index in [0.717, 1.165) is 17.7 Å². The zero-order valence-electron chi connectivity index (χ0n) is 12.0. The summed E-state index contributed by atoms with van der Waals surface area (Å²) in [7, 11) is 1.66. The molecule has 0 atom stereocenters. The molecule has 0 bridgehead atoms. The molecule has 2 aliphatic rings. The van der Waals surface area contributed by atoms with Gasteiger partial charge < -0.3 is 5.32 Å². The zero-order valence-corrected chi connectivity index (χ0v) is 12.8. The summed E-state index contributed by atoms with van der Waals surface area (Å²) >= 11 is 6.22. The van der Waals surface area contributed by atoms with E-state index < -0.39 is 0 Å². The van der Waals surface area contributed by atoms with Gasteiger partial charge in [0.25, 0.3) is 5.56 Å². The molecular formula is C16H18ClN3O. The number of nitrogens with zero attached hydrogens (tertiary/aromatic N) is 2. The monoisotopic (exact) mass is 303 g/mol. The first-order chi connectivity index (χ1) is 10.1. The molecule has 1 spiro atoms. The van der Waals surface area contributed by atoms with Crippen LogP contribution in [-0.4, -0.2) is 22.9 Å². The van der Waals surface area contributed by atoms with Gasteiger partial charge in [0, 0.05) is 25.5 Å². The van der Waals surface area contributed by atoms with E-state index in [1.54, 1.807) is 13.2 Å². The summed E-state index contributed by atoms with van der Waals surface area (Å²) in [4.78, 5) is 12.2. The van der Waals surface area contributed by atoms with Crippen molar-refractivity contribution in [3.05, 3.63) is 39.3 Å². The Morgan fingerprint density at radius 2 is 2.19 bits per heavy atom. The average molecular weight is 304 g/mol. The van der Waals surface area contributed by atoms with Crippen molar-refractivity contribution in [2.24, 2.45) is 18.4 Å². The molecule has 1 aromatic carbocycles. The van der Waals surface area contributed by atoms with Gasteiger partial charge in [0.15, 0.2) is 0 Å². The fourth-order valence-electron chi connectivity index (χ4n) is 3.93. The van der Waals surface area contributed by atoms with Crippen LogP contribution in [0, 0.1) is 11.3 Å². The second-order valence-corrected chi connectivity index (χ2v) is 7.06. The molecule has 1 N–H and O–H groups in total. The first-order valence-electron chi connectivity index (χ1n) is 7.42. The summed E-state index contributed by atoms with van der Waals surface area (Å²) in [6.07, 6.45) is 5.38. The fraction of sp³-hybridized carbons (Fsp3) is 0.500. The molecule has 1 aliphatic heterocycles. The Kier molecular flexibility index (Phi) is 2.88. The molecule has 0 radical (unpaired) electrons. The molecular weight excluding hydrogens is 286 g/mol. The molecule has 21 heavy (non-hydrogen) atoms. The van der Waals surface area contributed by atoms with Gasteiger partial charge in [-0.15, -0.1) is 0 Å². The van der Waals surface area contributed by atoms with E-state index in [-0.39, 0.29) is 5.56 Å². The SMILES string of the molecule is Cn1ncc2c(CC3CC4(CNC4)C3)ccc(Cl)c2c1=O. The predicted octanol–water partition coefficient (Wildman–Crippen LogP) is 2.13. The number of hydrogen-bond donors (Lipinski definition) is 1. The lowest BCUT2D eigenvalue weighted by Gasteiger charge is -2.54. The molecule has 1 aliphatic carbocycles. The fourth-order valence-corrected chi connectivity index (χ4v) is 4.17. The van der Waals surface area contributed by atoms with E-state index in [1.165, 1.54) is 36.2 Å². The van der Waals surface area contributed by atoms with Crippen LogP contribution < -0.4 is 10.9 Å². The molecule has 110 valence electrons. The number of fused-ring (bicyclic) bond motifs is 1. The lowest BCUT2D eigenvalue weighted by Crippen LogP contribution is -2.60. The summed E-state index contributed by atoms with van der Waals surface area (Å²) in [6.45, 7) is 2.35. The van der Waals surface area contributed by atoms with Crippen LogP contribution in [0.3, 0.4) is 0 Å². The maximum absolute atomic E-state index is 12.2. The maximum atomic E-state index is 12.2. The topological polar surface area (TPSA) is 46.9 Å². The molecule has 2 heterocycles. The third-order valence-electron chi connectivity index (χ3n) is 5.10. The van der Waals surface area contributed by atoms with E-state index in [9.17, 15) is 4.79 Å². The minimum atomic E-state index is -0.118. The highest BCUT2D eigenvalue weighted by Gasteiger charge is 2.47. The van der Waals surface area contributed by atoms with Gasteiger partial charge in [0.1, 0.15) is 0 Å². The number of aromatic nitrogens is 2. The first-order valence-corrected chi connectivity index (χ1v) is 7.80. The number of rotatable bonds is 2. The number of benzene rings is 1. The van der Waals surface area contributed by atoms with Crippen LogP contribution in [0.5, 0.6) is 0 Å². The molecule has 1 saturated carbocycles. The Morgan fingerprint density at radius 3 is 2.86 bits per heavy atom. The van der Waals surface area contributed by atoms with Crippen LogP contribution in [0.15, 0.2) is 23.1 Å². The third-order valence-corrected chi connectivity index (χ3v) is 5.42. The molecule has 2 aromatic rings. The van der Waals surface area contributed by atoms with Crippen molar-refractivity contribution in [3.63, 3.8) is 0 Å². The van der Waals surface area contributed by atoms with Gasteiger partial charge in [-0.2, -0.15) is 5.10 Å². The molecule has 4 nitrogen and oxygen atoms in total. The lowest BCUT2D eigenvalue weighted by molar-refractivity contribution is 0.00103. The second kappa shape index (κ2) is 4.55. The summed E-state index contributed by atoms with van der Waals surface area (Å²) in [6, 6.07) is 3.90. The Hall–Kier alpha value is -1.39. The van der Waals surface area contributed by atoms with Crippen LogP contribution in [0.2, 0.25) is 5.02 Å². The molecule has 1 aromatic heterocycles. The minimum Gasteiger partial charge on any atom is -0.316 e. The van der Waals surface area contributed by atoms with Gasteiger partial charge in [0.05, 0.1) is 16.6 Å². The molecule has 5 heteroatoms. The molecule has 0 amide bonds. The van der Waals surface area contributed by atoms with Crippen molar-refractivity contribution in [2.45, 2.75) is 19.3 Å². The minimum absolute atomic E-state index is 0.118. The van der Waals surface area contributed by atoms with Crippen LogP contribution in [-0.2, 0) is 13.5 Å². The maximum Gasteiger partial charge on any atom is 0.275 e. The van der Waals surface area contributed by atoms with Crippen molar-refractivity contribution in [2.75, 3.05) is 13.1 Å². The van der Waals surface area contributed by atoms with Gasteiger partial charge in [-0.1, -0.05) is 17.7 Å². The normalized spacial score (nSPS) is 20.5. The third kappa shape index (κ3) is 2.00.